The van der Waals surface area contributed by atoms with E-state index in [-0.39, 0.29) is 55.4 Å². The highest BCUT2D eigenvalue weighted by atomic mass is 127. The van der Waals surface area contributed by atoms with Crippen molar-refractivity contribution in [2.24, 2.45) is 25.8 Å². The van der Waals surface area contributed by atoms with Crippen molar-refractivity contribution in [1.82, 2.24) is 4.98 Å². The topological polar surface area (TPSA) is 329 Å². The van der Waals surface area contributed by atoms with Crippen LogP contribution in [0.4, 0.5) is 0 Å². The second-order valence-electron chi connectivity index (χ2n) is 11.5. The number of rotatable bonds is 8. The first-order valence-corrected chi connectivity index (χ1v) is 25.1. The minimum atomic E-state index is -3.92. The number of alkyl halides is 2. The van der Waals surface area contributed by atoms with Crippen LogP contribution in [-0.4, -0.2) is 120 Å². The van der Waals surface area contributed by atoms with E-state index in [0.717, 1.165) is 27.8 Å². The number of hydrogen-bond acceptors (Lipinski definition) is 18. The lowest BCUT2D eigenvalue weighted by molar-refractivity contribution is -0.913. The zero-order valence-electron chi connectivity index (χ0n) is 38.2. The lowest BCUT2D eigenvalue weighted by Crippen LogP contribution is -3.00. The molecule has 0 saturated heterocycles. The highest BCUT2D eigenvalue weighted by Gasteiger charge is 2.10. The molecule has 0 spiro atoms. The van der Waals surface area contributed by atoms with Crippen LogP contribution >= 0.6 is 45.2 Å². The highest BCUT2D eigenvalue weighted by molar-refractivity contribution is 14.2. The summed E-state index contributed by atoms with van der Waals surface area (Å²) < 4.78 is 63.5. The quantitative estimate of drug-likeness (QED) is 0.0166. The van der Waals surface area contributed by atoms with Gasteiger partial charge in [-0.25, -0.2) is 16.8 Å². The normalized spacial score (nSPS) is 11.3. The van der Waals surface area contributed by atoms with E-state index in [1.54, 1.807) is 36.7 Å². The van der Waals surface area contributed by atoms with Gasteiger partial charge in [0.1, 0.15) is 0 Å². The van der Waals surface area contributed by atoms with E-state index in [1.807, 2.05) is 123 Å². The zero-order chi connectivity index (χ0) is 52.7. The Morgan fingerprint density at radius 1 is 0.704 bits per heavy atom. The van der Waals surface area contributed by atoms with E-state index in [0.29, 0.717) is 25.7 Å². The Morgan fingerprint density at radius 2 is 0.986 bits per heavy atom. The number of nitriles is 1. The maximum atomic E-state index is 9.08. The molecule has 0 fully saturated rings. The average Bonchev–Trinajstić information content (AvgIpc) is 3.28. The number of allylic oxidation sites excluding steroid dienone is 3. The number of hydrogen-bond donors (Lipinski definition) is 5. The Bertz CT molecular complexity index is 2360. The Labute approximate surface area is 478 Å². The third-order valence-electron chi connectivity index (χ3n) is 6.06. The fourth-order valence-corrected chi connectivity index (χ4v) is 3.76. The van der Waals surface area contributed by atoms with Crippen LogP contribution in [0.5, 0.6) is 0 Å². The first kappa shape index (κ1) is 79.9. The molecule has 5 rings (SSSR count). The maximum absolute atomic E-state index is 9.08. The number of oxime groups is 5. The standard InChI is InChI=1S/2C13H12N4O2.C6H6N2O.C3H6.C2H3N.C2H4.CH2I2.2CH4O3S.CH4.2HI/c2*18-14-9-12-1-5-16(6-2-12)11-17-7-3-13(4-8-17)10-15-19;9-8-5-6-1-3-7-4-2-6;1-3-2;1-2-3;1-2;2-1-3;2*1-5(2,3)4;;;/h1-7,9-11H,8H2;1-10H,11H2;1-5,9H;3H,1H2,2H3;1H3;1-2H2;1H2;2*1H3,(H,2,3,4);1H4;2*1H/b;;8-5-;;;;;;;;;. The molecule has 1 aliphatic heterocycles. The first-order valence-electron chi connectivity index (χ1n) is 18.4. The number of pyridine rings is 4. The Morgan fingerprint density at radius 3 is 1.25 bits per heavy atom. The summed E-state index contributed by atoms with van der Waals surface area (Å²) in [5, 5.41) is 63.8. The van der Waals surface area contributed by atoms with E-state index in [4.69, 9.17) is 57.2 Å². The molecule has 71 heavy (non-hydrogen) atoms. The first-order chi connectivity index (χ1) is 32.3. The lowest BCUT2D eigenvalue weighted by Gasteiger charge is -1.98. The van der Waals surface area contributed by atoms with Gasteiger partial charge in [0.2, 0.25) is 0 Å². The minimum Gasteiger partial charge on any atom is -1.00 e. The van der Waals surface area contributed by atoms with Gasteiger partial charge in [0.15, 0.2) is 49.9 Å². The highest BCUT2D eigenvalue weighted by Crippen LogP contribution is 2.00. The third-order valence-corrected chi connectivity index (χ3v) is 6.06. The van der Waals surface area contributed by atoms with E-state index in [2.05, 4.69) is 95.7 Å². The van der Waals surface area contributed by atoms with Crippen LogP contribution in [0.1, 0.15) is 43.5 Å². The van der Waals surface area contributed by atoms with Crippen LogP contribution in [0, 0.1) is 11.3 Å². The lowest BCUT2D eigenvalue weighted by atomic mass is 10.2. The van der Waals surface area contributed by atoms with Gasteiger partial charge in [0.05, 0.1) is 59.8 Å². The predicted molar refractivity (Wildman–Crippen MR) is 280 cm³/mol. The number of nitrogens with zero attached hydrogens (tertiary/aromatic N) is 11. The Hall–Kier alpha value is -5.19. The molecule has 0 unspecified atom stereocenters. The van der Waals surface area contributed by atoms with Crippen molar-refractivity contribution in [2.45, 2.75) is 27.9 Å². The molecule has 0 atom stereocenters. The van der Waals surface area contributed by atoms with E-state index in [9.17, 15) is 0 Å². The molecule has 0 aromatic carbocycles. The van der Waals surface area contributed by atoms with Crippen molar-refractivity contribution < 1.29 is 118 Å². The predicted octanol–water partition coefficient (Wildman–Crippen LogP) is -0.837. The van der Waals surface area contributed by atoms with Crippen molar-refractivity contribution in [3.05, 3.63) is 170 Å². The molecule has 4 aromatic rings. The maximum Gasteiger partial charge on any atom is 0.412 e. The molecule has 392 valence electrons. The Kier molecular flexibility index (Phi) is 61.0. The monoisotopic (exact) mass is 1480 g/mol. The van der Waals surface area contributed by atoms with Gasteiger partial charge in [-0.1, -0.05) is 84.5 Å². The van der Waals surface area contributed by atoms with Crippen LogP contribution in [-0.2, 0) is 26.9 Å². The molecule has 0 amide bonds. The number of halogens is 4. The van der Waals surface area contributed by atoms with Gasteiger partial charge in [0.25, 0.3) is 0 Å². The molecule has 5 N–H and O–H groups in total. The SMILES string of the molecule is C.C=C.C=CC.CC#N.CS(=O)(=O)[O-].CS(=O)(=O)[O-].ICI.O/N=C\c1ccncc1.ON=CC1=CC[N+](=C[n+]2ccc(C=NO)cc2)C=C1.ON=Cc1cc[n+](C[n+]2ccc(C=NO)cc2)cc1.[I-].[I-]. The average molecular weight is 1480 g/mol. The summed E-state index contributed by atoms with van der Waals surface area (Å²) >= 11 is 4.55. The molecule has 0 radical (unpaired) electrons. The van der Waals surface area contributed by atoms with Gasteiger partial charge in [0, 0.05) is 96.6 Å². The van der Waals surface area contributed by atoms with Crippen LogP contribution in [0.2, 0.25) is 0 Å². The van der Waals surface area contributed by atoms with Gasteiger partial charge in [-0.05, 0) is 30.7 Å². The summed E-state index contributed by atoms with van der Waals surface area (Å²) in [4.78, 5) is 3.78. The van der Waals surface area contributed by atoms with Gasteiger partial charge in [-0.15, -0.1) is 38.0 Å². The number of aromatic nitrogens is 4. The second kappa shape index (κ2) is 54.1. The van der Waals surface area contributed by atoms with Crippen LogP contribution < -0.4 is 61.7 Å². The smallest absolute Gasteiger partial charge is 0.412 e. The molecule has 0 saturated carbocycles. The summed E-state index contributed by atoms with van der Waals surface area (Å²) in [5.74, 6) is 0. The molecule has 0 aliphatic carbocycles. The molecule has 5 heterocycles. The molecule has 28 heteroatoms. The van der Waals surface area contributed by atoms with E-state index >= 15 is 0 Å². The van der Waals surface area contributed by atoms with Crippen molar-refractivity contribution in [1.29, 1.82) is 5.26 Å². The van der Waals surface area contributed by atoms with Crippen LogP contribution in [0.25, 0.3) is 0 Å². The molecular formula is C43H59I4N11O11S2. The fourth-order valence-electron chi connectivity index (χ4n) is 3.76. The largest absolute Gasteiger partial charge is 1.00 e. The zero-order valence-corrected chi connectivity index (χ0v) is 48.4. The van der Waals surface area contributed by atoms with Gasteiger partial charge < -0.3 is 83.1 Å². The Balaban J connectivity index is -0.000000146. The third kappa shape index (κ3) is 59.0. The van der Waals surface area contributed by atoms with Crippen molar-refractivity contribution >= 4 is 103 Å². The summed E-state index contributed by atoms with van der Waals surface area (Å²) in [6.07, 6.45) is 32.0. The van der Waals surface area contributed by atoms with E-state index in [1.165, 1.54) is 40.4 Å². The van der Waals surface area contributed by atoms with Gasteiger partial charge in [-0.3, -0.25) is 4.98 Å². The minimum absolute atomic E-state index is 0. The van der Waals surface area contributed by atoms with E-state index < -0.39 is 20.2 Å². The summed E-state index contributed by atoms with van der Waals surface area (Å²) in [7, 11) is -7.83. The van der Waals surface area contributed by atoms with Gasteiger partial charge >= 0.3 is 13.0 Å². The van der Waals surface area contributed by atoms with Crippen molar-refractivity contribution in [3.63, 3.8) is 0 Å². The second-order valence-corrected chi connectivity index (χ2v) is 18.7. The summed E-state index contributed by atoms with van der Waals surface area (Å²) in [6, 6.07) is 16.3. The molecule has 22 nitrogen and oxygen atoms in total. The van der Waals surface area contributed by atoms with Crippen molar-refractivity contribution in [3.8, 4) is 6.07 Å². The fraction of sp³-hybridized carbons (Fsp3) is 0.186. The summed E-state index contributed by atoms with van der Waals surface area (Å²) in [6.45, 7) is 14.0. The van der Waals surface area contributed by atoms with Crippen LogP contribution in [0.3, 0.4) is 0 Å². The van der Waals surface area contributed by atoms with Crippen LogP contribution in [0.15, 0.2) is 174 Å². The molecule has 4 aromatic heterocycles. The van der Waals surface area contributed by atoms with Crippen molar-refractivity contribution in [2.75, 3.05) is 21.5 Å². The molecule has 1 aliphatic rings. The summed E-state index contributed by atoms with van der Waals surface area (Å²) in [5.41, 5.74) is 4.19. The molecular weight excluding hydrogens is 1420 g/mol. The molecule has 0 bridgehead atoms. The van der Waals surface area contributed by atoms with Gasteiger partial charge in [-0.2, -0.15) is 5.26 Å².